The molecule has 1 atom stereocenters. The third-order valence-corrected chi connectivity index (χ3v) is 6.05. The molecule has 2 rings (SSSR count). The number of rotatable bonds is 11. The molecular formula is C23H32BrN3O5S. The Labute approximate surface area is 208 Å². The Hall–Kier alpha value is -2.20. The predicted molar refractivity (Wildman–Crippen MR) is 133 cm³/mol. The number of benzene rings is 1. The second kappa shape index (κ2) is 14.1. The van der Waals surface area contributed by atoms with E-state index in [1.165, 1.54) is 12.8 Å². The molecule has 1 aliphatic heterocycles. The molecule has 2 amide bonds. The molecule has 8 nitrogen and oxygen atoms in total. The standard InChI is InChI=1S/C23H32BrN3O5S/c1-3-5-6-7-13-31-19-9-8-16(14-17(19)24)21(29)26-23(33)27-11-10-25-22(30)18(27)15-20(28)32-12-4-2/h8-9,14,18H,3-7,10-13,15H2,1-2H3,(H,25,30)(H,26,29,33). The number of ether oxygens (including phenoxy) is 2. The van der Waals surface area contributed by atoms with Gasteiger partial charge < -0.3 is 19.7 Å². The molecule has 1 fully saturated rings. The van der Waals surface area contributed by atoms with Crippen molar-refractivity contribution < 1.29 is 23.9 Å². The predicted octanol–water partition coefficient (Wildman–Crippen LogP) is 3.57. The Bertz CT molecular complexity index is 851. The quantitative estimate of drug-likeness (QED) is 0.251. The third kappa shape index (κ3) is 8.58. The van der Waals surface area contributed by atoms with Gasteiger partial charge in [-0.25, -0.2) is 0 Å². The number of thiocarbonyl (C=S) groups is 1. The van der Waals surface area contributed by atoms with Crippen LogP contribution in [0.5, 0.6) is 5.75 Å². The summed E-state index contributed by atoms with van der Waals surface area (Å²) in [6, 6.07) is 4.24. The van der Waals surface area contributed by atoms with Crippen LogP contribution in [0.4, 0.5) is 0 Å². The average molecular weight is 542 g/mol. The summed E-state index contributed by atoms with van der Waals surface area (Å²) in [6.07, 6.45) is 5.01. The van der Waals surface area contributed by atoms with Gasteiger partial charge in [0.2, 0.25) is 5.91 Å². The normalized spacial score (nSPS) is 15.5. The number of carbonyl (C=O) groups is 3. The van der Waals surface area contributed by atoms with E-state index in [9.17, 15) is 14.4 Å². The van der Waals surface area contributed by atoms with Crippen molar-refractivity contribution >= 4 is 51.0 Å². The van der Waals surface area contributed by atoms with Gasteiger partial charge in [0.25, 0.3) is 5.91 Å². The summed E-state index contributed by atoms with van der Waals surface area (Å²) >= 11 is 8.85. The summed E-state index contributed by atoms with van der Waals surface area (Å²) < 4.78 is 11.6. The van der Waals surface area contributed by atoms with Crippen LogP contribution in [0, 0.1) is 0 Å². The minimum Gasteiger partial charge on any atom is -0.492 e. The van der Waals surface area contributed by atoms with Gasteiger partial charge in [0.1, 0.15) is 11.8 Å². The SMILES string of the molecule is CCCCCCOc1ccc(C(=O)NC(=S)N2CCNC(=O)C2CC(=O)OCCC)cc1Br. The van der Waals surface area contributed by atoms with Crippen LogP contribution in [0.3, 0.4) is 0 Å². The molecule has 1 aromatic carbocycles. The molecule has 0 bridgehead atoms. The Morgan fingerprint density at radius 1 is 1.21 bits per heavy atom. The van der Waals surface area contributed by atoms with Gasteiger partial charge in [-0.15, -0.1) is 0 Å². The molecular weight excluding hydrogens is 510 g/mol. The summed E-state index contributed by atoms with van der Waals surface area (Å²) in [7, 11) is 0. The maximum absolute atomic E-state index is 12.8. The second-order valence-corrected chi connectivity index (χ2v) is 8.98. The fourth-order valence-corrected chi connectivity index (χ4v) is 4.11. The molecule has 0 radical (unpaired) electrons. The monoisotopic (exact) mass is 541 g/mol. The fourth-order valence-electron chi connectivity index (χ4n) is 3.30. The Kier molecular flexibility index (Phi) is 11.6. The van der Waals surface area contributed by atoms with Gasteiger partial charge in [0, 0.05) is 18.7 Å². The van der Waals surface area contributed by atoms with Crippen LogP contribution >= 0.6 is 28.1 Å². The van der Waals surface area contributed by atoms with E-state index in [-0.39, 0.29) is 17.4 Å². The van der Waals surface area contributed by atoms with Gasteiger partial charge in [-0.05, 0) is 59.2 Å². The van der Waals surface area contributed by atoms with Crippen LogP contribution in [-0.4, -0.2) is 60.1 Å². The van der Waals surface area contributed by atoms with Crippen molar-refractivity contribution in [1.82, 2.24) is 15.5 Å². The second-order valence-electron chi connectivity index (χ2n) is 7.74. The van der Waals surface area contributed by atoms with Gasteiger partial charge in [0.05, 0.1) is 24.1 Å². The van der Waals surface area contributed by atoms with Crippen LogP contribution in [0.25, 0.3) is 0 Å². The van der Waals surface area contributed by atoms with Crippen molar-refractivity contribution in [3.8, 4) is 5.75 Å². The first kappa shape index (κ1) is 27.0. The molecule has 1 heterocycles. The molecule has 2 N–H and O–H groups in total. The molecule has 1 saturated heterocycles. The molecule has 10 heteroatoms. The highest BCUT2D eigenvalue weighted by atomic mass is 79.9. The highest BCUT2D eigenvalue weighted by Crippen LogP contribution is 2.26. The molecule has 0 spiro atoms. The molecule has 1 unspecified atom stereocenters. The first-order valence-electron chi connectivity index (χ1n) is 11.3. The van der Waals surface area contributed by atoms with Gasteiger partial charge in [-0.2, -0.15) is 0 Å². The molecule has 33 heavy (non-hydrogen) atoms. The molecule has 182 valence electrons. The topological polar surface area (TPSA) is 97.0 Å². The Morgan fingerprint density at radius 3 is 2.70 bits per heavy atom. The lowest BCUT2D eigenvalue weighted by molar-refractivity contribution is -0.147. The van der Waals surface area contributed by atoms with E-state index in [2.05, 4.69) is 33.5 Å². The number of nitrogens with zero attached hydrogens (tertiary/aromatic N) is 1. The van der Waals surface area contributed by atoms with E-state index in [1.54, 1.807) is 23.1 Å². The first-order valence-corrected chi connectivity index (χ1v) is 12.5. The van der Waals surface area contributed by atoms with Crippen LogP contribution < -0.4 is 15.4 Å². The van der Waals surface area contributed by atoms with Crippen LogP contribution in [0.1, 0.15) is 62.7 Å². The van der Waals surface area contributed by atoms with Crippen LogP contribution in [0.15, 0.2) is 22.7 Å². The summed E-state index contributed by atoms with van der Waals surface area (Å²) in [5, 5.41) is 5.49. The van der Waals surface area contributed by atoms with Gasteiger partial charge >= 0.3 is 5.97 Å². The number of piperazine rings is 1. The van der Waals surface area contributed by atoms with Crippen molar-refractivity contribution in [2.24, 2.45) is 0 Å². The van der Waals surface area contributed by atoms with E-state index in [0.717, 1.165) is 12.8 Å². The number of hydrogen-bond donors (Lipinski definition) is 2. The van der Waals surface area contributed by atoms with E-state index in [1.807, 2.05) is 6.92 Å². The number of nitrogens with one attached hydrogen (secondary N) is 2. The molecule has 1 aromatic rings. The van der Waals surface area contributed by atoms with Crippen molar-refractivity contribution in [3.05, 3.63) is 28.2 Å². The zero-order valence-electron chi connectivity index (χ0n) is 19.2. The van der Waals surface area contributed by atoms with Gasteiger partial charge in [0.15, 0.2) is 5.11 Å². The Morgan fingerprint density at radius 2 is 2.00 bits per heavy atom. The number of hydrogen-bond acceptors (Lipinski definition) is 6. The summed E-state index contributed by atoms with van der Waals surface area (Å²) in [4.78, 5) is 38.7. The van der Waals surface area contributed by atoms with Gasteiger partial charge in [-0.1, -0.05) is 33.1 Å². The number of amides is 2. The average Bonchev–Trinajstić information content (AvgIpc) is 2.79. The minimum atomic E-state index is -0.828. The Balaban J connectivity index is 1.97. The minimum absolute atomic E-state index is 0.0931. The van der Waals surface area contributed by atoms with Crippen molar-refractivity contribution in [2.75, 3.05) is 26.3 Å². The van der Waals surface area contributed by atoms with E-state index < -0.39 is 17.9 Å². The van der Waals surface area contributed by atoms with E-state index in [0.29, 0.717) is 48.5 Å². The first-order chi connectivity index (χ1) is 15.9. The summed E-state index contributed by atoms with van der Waals surface area (Å²) in [5.74, 6) is -0.542. The van der Waals surface area contributed by atoms with Gasteiger partial charge in [-0.3, -0.25) is 19.7 Å². The fraction of sp³-hybridized carbons (Fsp3) is 0.565. The lowest BCUT2D eigenvalue weighted by Crippen LogP contribution is -2.60. The third-order valence-electron chi connectivity index (χ3n) is 5.09. The highest BCUT2D eigenvalue weighted by molar-refractivity contribution is 9.10. The summed E-state index contributed by atoms with van der Waals surface area (Å²) in [5.41, 5.74) is 0.392. The van der Waals surface area contributed by atoms with Crippen molar-refractivity contribution in [3.63, 3.8) is 0 Å². The largest absolute Gasteiger partial charge is 0.492 e. The molecule has 0 saturated carbocycles. The smallest absolute Gasteiger partial charge is 0.308 e. The zero-order valence-corrected chi connectivity index (χ0v) is 21.6. The molecule has 0 aliphatic carbocycles. The van der Waals surface area contributed by atoms with E-state index >= 15 is 0 Å². The zero-order chi connectivity index (χ0) is 24.2. The maximum atomic E-state index is 12.8. The number of unbranched alkanes of at least 4 members (excludes halogenated alkanes) is 3. The highest BCUT2D eigenvalue weighted by Gasteiger charge is 2.34. The lowest BCUT2D eigenvalue weighted by atomic mass is 10.1. The molecule has 0 aromatic heterocycles. The number of halogens is 1. The van der Waals surface area contributed by atoms with Crippen molar-refractivity contribution in [1.29, 1.82) is 0 Å². The maximum Gasteiger partial charge on any atom is 0.308 e. The van der Waals surface area contributed by atoms with E-state index in [4.69, 9.17) is 21.7 Å². The van der Waals surface area contributed by atoms with Crippen molar-refractivity contribution in [2.45, 2.75) is 58.4 Å². The lowest BCUT2D eigenvalue weighted by Gasteiger charge is -2.36. The van der Waals surface area contributed by atoms with Crippen LogP contribution in [0.2, 0.25) is 0 Å². The number of esters is 1. The number of carbonyl (C=O) groups excluding carboxylic acids is 3. The summed E-state index contributed by atoms with van der Waals surface area (Å²) in [6.45, 7) is 5.71. The molecule has 1 aliphatic rings. The van der Waals surface area contributed by atoms with Crippen LogP contribution in [-0.2, 0) is 14.3 Å².